The Balaban J connectivity index is 1.76. The largest absolute Gasteiger partial charge is 0.491 e. The van der Waals surface area contributed by atoms with Gasteiger partial charge >= 0.3 is 0 Å². The van der Waals surface area contributed by atoms with Crippen molar-refractivity contribution in [3.8, 4) is 5.75 Å². The third-order valence-electron chi connectivity index (χ3n) is 5.07. The standard InChI is InChI=1S/C22H27N3O6S/c1-16-14-21(26)23-19-6-4-5-7-20(19)25(16)22(27)15-24(2)32(28,29)18-10-8-17(9-11-18)31-13-12-30-3/h4-11,16H,12-15H2,1-3H3,(H,23,26)/t16-/m0/s1. The molecule has 3 rings (SSSR count). The van der Waals surface area contributed by atoms with Crippen molar-refractivity contribution in [2.45, 2.75) is 24.3 Å². The number of nitrogens with one attached hydrogen (secondary N) is 1. The molecule has 32 heavy (non-hydrogen) atoms. The van der Waals surface area contributed by atoms with Crippen LogP contribution in [-0.4, -0.2) is 64.5 Å². The van der Waals surface area contributed by atoms with Gasteiger partial charge in [-0.2, -0.15) is 4.31 Å². The Morgan fingerprint density at radius 2 is 1.84 bits per heavy atom. The van der Waals surface area contributed by atoms with Crippen LogP contribution < -0.4 is 15.0 Å². The van der Waals surface area contributed by atoms with Gasteiger partial charge in [-0.05, 0) is 43.3 Å². The normalized spacial score (nSPS) is 16.3. The first-order valence-electron chi connectivity index (χ1n) is 10.1. The number of benzene rings is 2. The summed E-state index contributed by atoms with van der Waals surface area (Å²) in [6.07, 6.45) is 0.113. The molecule has 0 saturated heterocycles. The summed E-state index contributed by atoms with van der Waals surface area (Å²) in [4.78, 5) is 26.8. The van der Waals surface area contributed by atoms with Crippen LogP contribution >= 0.6 is 0 Å². The van der Waals surface area contributed by atoms with Crippen molar-refractivity contribution in [1.29, 1.82) is 0 Å². The first-order valence-corrected chi connectivity index (χ1v) is 11.6. The Bertz CT molecular complexity index is 1070. The molecule has 2 amide bonds. The molecule has 1 aliphatic rings. The average Bonchev–Trinajstić information content (AvgIpc) is 2.88. The average molecular weight is 462 g/mol. The van der Waals surface area contributed by atoms with Crippen LogP contribution in [0.2, 0.25) is 0 Å². The van der Waals surface area contributed by atoms with E-state index in [1.54, 1.807) is 50.4 Å². The van der Waals surface area contributed by atoms with E-state index in [-0.39, 0.29) is 23.8 Å². The van der Waals surface area contributed by atoms with Gasteiger partial charge < -0.3 is 19.7 Å². The lowest BCUT2D eigenvalue weighted by Crippen LogP contribution is -2.45. The lowest BCUT2D eigenvalue weighted by atomic mass is 10.1. The van der Waals surface area contributed by atoms with E-state index in [0.29, 0.717) is 30.3 Å². The number of rotatable bonds is 8. The molecule has 1 heterocycles. The Hall–Kier alpha value is -2.95. The van der Waals surface area contributed by atoms with Gasteiger partial charge in [0.1, 0.15) is 12.4 Å². The van der Waals surface area contributed by atoms with Crippen LogP contribution in [-0.2, 0) is 24.3 Å². The maximum Gasteiger partial charge on any atom is 0.243 e. The highest BCUT2D eigenvalue weighted by atomic mass is 32.2. The summed E-state index contributed by atoms with van der Waals surface area (Å²) in [6, 6.07) is 12.5. The lowest BCUT2D eigenvalue weighted by molar-refractivity contribution is -0.119. The van der Waals surface area contributed by atoms with E-state index in [2.05, 4.69) is 5.32 Å². The second-order valence-corrected chi connectivity index (χ2v) is 9.50. The molecule has 0 aromatic heterocycles. The van der Waals surface area contributed by atoms with E-state index in [1.807, 2.05) is 0 Å². The number of hydrogen-bond acceptors (Lipinski definition) is 6. The van der Waals surface area contributed by atoms with E-state index in [9.17, 15) is 18.0 Å². The van der Waals surface area contributed by atoms with Crippen LogP contribution in [0.5, 0.6) is 5.75 Å². The molecular formula is C22H27N3O6S. The number of carbonyl (C=O) groups is 2. The summed E-state index contributed by atoms with van der Waals surface area (Å²) in [5, 5.41) is 2.79. The maximum atomic E-state index is 13.2. The van der Waals surface area contributed by atoms with Crippen molar-refractivity contribution in [2.24, 2.45) is 0 Å². The number of ether oxygens (including phenoxy) is 2. The highest BCUT2D eigenvalue weighted by molar-refractivity contribution is 7.89. The fourth-order valence-electron chi connectivity index (χ4n) is 3.45. The molecule has 0 unspecified atom stereocenters. The second kappa shape index (κ2) is 10.1. The molecule has 172 valence electrons. The molecule has 0 radical (unpaired) electrons. The number of para-hydroxylation sites is 2. The summed E-state index contributed by atoms with van der Waals surface area (Å²) in [5.41, 5.74) is 1.06. The first kappa shape index (κ1) is 23.7. The Labute approximate surface area is 188 Å². The van der Waals surface area contributed by atoms with E-state index in [4.69, 9.17) is 9.47 Å². The van der Waals surface area contributed by atoms with Crippen molar-refractivity contribution in [3.63, 3.8) is 0 Å². The van der Waals surface area contributed by atoms with E-state index >= 15 is 0 Å². The minimum absolute atomic E-state index is 0.0491. The van der Waals surface area contributed by atoms with Crippen molar-refractivity contribution in [2.75, 3.05) is 44.1 Å². The number of sulfonamides is 1. The molecule has 1 N–H and O–H groups in total. The van der Waals surface area contributed by atoms with Crippen LogP contribution in [0, 0.1) is 0 Å². The Kier molecular flexibility index (Phi) is 7.49. The van der Waals surface area contributed by atoms with Gasteiger partial charge in [-0.1, -0.05) is 12.1 Å². The molecule has 10 heteroatoms. The van der Waals surface area contributed by atoms with Crippen LogP contribution in [0.3, 0.4) is 0 Å². The Morgan fingerprint density at radius 3 is 2.53 bits per heavy atom. The minimum atomic E-state index is -3.91. The SMILES string of the molecule is COCCOc1ccc(S(=O)(=O)N(C)CC(=O)N2c3ccccc3NC(=O)C[C@@H]2C)cc1. The number of amides is 2. The molecule has 1 atom stereocenters. The molecule has 2 aromatic rings. The van der Waals surface area contributed by atoms with Gasteiger partial charge in [0.15, 0.2) is 0 Å². The number of nitrogens with zero attached hydrogens (tertiary/aromatic N) is 2. The molecule has 0 spiro atoms. The Morgan fingerprint density at radius 1 is 1.16 bits per heavy atom. The lowest BCUT2D eigenvalue weighted by Gasteiger charge is -2.29. The topological polar surface area (TPSA) is 105 Å². The minimum Gasteiger partial charge on any atom is -0.491 e. The van der Waals surface area contributed by atoms with Gasteiger partial charge in [-0.3, -0.25) is 9.59 Å². The van der Waals surface area contributed by atoms with Crippen molar-refractivity contribution in [1.82, 2.24) is 4.31 Å². The summed E-state index contributed by atoms with van der Waals surface area (Å²) < 4.78 is 37.4. The second-order valence-electron chi connectivity index (χ2n) is 7.46. The molecule has 0 saturated carbocycles. The predicted octanol–water partition coefficient (Wildman–Crippen LogP) is 2.10. The van der Waals surface area contributed by atoms with Crippen LogP contribution in [0.1, 0.15) is 13.3 Å². The number of carbonyl (C=O) groups excluding carboxylic acids is 2. The van der Waals surface area contributed by atoms with Gasteiger partial charge in [0, 0.05) is 26.6 Å². The predicted molar refractivity (Wildman–Crippen MR) is 120 cm³/mol. The molecule has 1 aliphatic heterocycles. The number of likely N-dealkylation sites (N-methyl/N-ethyl adjacent to an activating group) is 1. The maximum absolute atomic E-state index is 13.2. The molecule has 9 nitrogen and oxygen atoms in total. The van der Waals surface area contributed by atoms with Crippen molar-refractivity contribution in [3.05, 3.63) is 48.5 Å². The summed E-state index contributed by atoms with van der Waals surface area (Å²) >= 11 is 0. The van der Waals surface area contributed by atoms with E-state index in [1.165, 1.54) is 24.1 Å². The molecule has 0 bridgehead atoms. The van der Waals surface area contributed by atoms with Crippen LogP contribution in [0.25, 0.3) is 0 Å². The quantitative estimate of drug-likeness (QED) is 0.604. The number of anilines is 2. The van der Waals surface area contributed by atoms with Crippen LogP contribution in [0.15, 0.2) is 53.4 Å². The summed E-state index contributed by atoms with van der Waals surface area (Å²) in [6.45, 7) is 2.16. The van der Waals surface area contributed by atoms with Gasteiger partial charge in [-0.15, -0.1) is 0 Å². The van der Waals surface area contributed by atoms with Gasteiger partial charge in [0.2, 0.25) is 21.8 Å². The van der Waals surface area contributed by atoms with Gasteiger partial charge in [0.25, 0.3) is 0 Å². The monoisotopic (exact) mass is 461 g/mol. The smallest absolute Gasteiger partial charge is 0.243 e. The number of fused-ring (bicyclic) bond motifs is 1. The zero-order chi connectivity index (χ0) is 23.3. The molecular weight excluding hydrogens is 434 g/mol. The highest BCUT2D eigenvalue weighted by Crippen LogP contribution is 2.31. The third-order valence-corrected chi connectivity index (χ3v) is 6.89. The molecule has 2 aromatic carbocycles. The molecule has 0 aliphatic carbocycles. The third kappa shape index (κ3) is 5.26. The van der Waals surface area contributed by atoms with Crippen LogP contribution in [0.4, 0.5) is 11.4 Å². The zero-order valence-electron chi connectivity index (χ0n) is 18.3. The fourth-order valence-corrected chi connectivity index (χ4v) is 4.57. The van der Waals surface area contributed by atoms with Crippen molar-refractivity contribution >= 4 is 33.2 Å². The number of hydrogen-bond donors (Lipinski definition) is 1. The first-order chi connectivity index (χ1) is 15.2. The highest BCUT2D eigenvalue weighted by Gasteiger charge is 2.32. The summed E-state index contributed by atoms with van der Waals surface area (Å²) in [7, 11) is -0.986. The van der Waals surface area contributed by atoms with Crippen molar-refractivity contribution < 1.29 is 27.5 Å². The molecule has 0 fully saturated rings. The number of methoxy groups -OCH3 is 1. The van der Waals surface area contributed by atoms with Gasteiger partial charge in [-0.25, -0.2) is 8.42 Å². The zero-order valence-corrected chi connectivity index (χ0v) is 19.1. The van der Waals surface area contributed by atoms with E-state index < -0.39 is 22.0 Å². The summed E-state index contributed by atoms with van der Waals surface area (Å²) in [5.74, 6) is -0.104. The van der Waals surface area contributed by atoms with E-state index in [0.717, 1.165) is 4.31 Å². The van der Waals surface area contributed by atoms with Gasteiger partial charge in [0.05, 0.1) is 29.4 Å². The fraction of sp³-hybridized carbons (Fsp3) is 0.364.